The summed E-state index contributed by atoms with van der Waals surface area (Å²) in [5.41, 5.74) is 0. The van der Waals surface area contributed by atoms with E-state index < -0.39 is 14.6 Å². The van der Waals surface area contributed by atoms with Crippen LogP contribution < -0.4 is 10.1 Å². The Morgan fingerprint density at radius 1 is 1.19 bits per heavy atom. The topological polar surface area (TPSA) is 75.7 Å². The number of benzene rings is 1. The molecular weight excluding hydrogens is 352 g/mol. The second-order valence-electron chi connectivity index (χ2n) is 7.38. The highest BCUT2D eigenvalue weighted by molar-refractivity contribution is 7.92. The SMILES string of the molecule is CS(=O)(=O)C1(C(=O)N2CCC(COc3ccccc3)CC2)CCNCC1. The highest BCUT2D eigenvalue weighted by Crippen LogP contribution is 2.32. The zero-order valence-corrected chi connectivity index (χ0v) is 16.1. The van der Waals surface area contributed by atoms with Gasteiger partial charge in [-0.05, 0) is 56.8 Å². The average Bonchev–Trinajstić information content (AvgIpc) is 2.67. The van der Waals surface area contributed by atoms with Crippen LogP contribution >= 0.6 is 0 Å². The molecule has 1 amide bonds. The lowest BCUT2D eigenvalue weighted by atomic mass is 9.92. The van der Waals surface area contributed by atoms with Crippen LogP contribution in [-0.4, -0.2) is 63.0 Å². The molecule has 0 bridgehead atoms. The number of sulfone groups is 1. The first-order valence-electron chi connectivity index (χ1n) is 9.30. The fourth-order valence-electron chi connectivity index (χ4n) is 3.90. The van der Waals surface area contributed by atoms with Gasteiger partial charge >= 0.3 is 0 Å². The van der Waals surface area contributed by atoms with E-state index in [1.165, 1.54) is 6.26 Å². The van der Waals surface area contributed by atoms with Crippen LogP contribution in [0, 0.1) is 5.92 Å². The van der Waals surface area contributed by atoms with Crippen molar-refractivity contribution >= 4 is 15.7 Å². The highest BCUT2D eigenvalue weighted by Gasteiger charge is 2.50. The molecule has 0 aromatic heterocycles. The molecule has 1 N–H and O–H groups in total. The van der Waals surface area contributed by atoms with Gasteiger partial charge in [-0.2, -0.15) is 0 Å². The molecule has 0 spiro atoms. The lowest BCUT2D eigenvalue weighted by Gasteiger charge is -2.41. The van der Waals surface area contributed by atoms with Crippen molar-refractivity contribution in [2.75, 3.05) is 39.0 Å². The largest absolute Gasteiger partial charge is 0.493 e. The summed E-state index contributed by atoms with van der Waals surface area (Å²) >= 11 is 0. The van der Waals surface area contributed by atoms with Gasteiger partial charge in [0.05, 0.1) is 6.61 Å². The van der Waals surface area contributed by atoms with Crippen LogP contribution in [0.15, 0.2) is 30.3 Å². The lowest BCUT2D eigenvalue weighted by molar-refractivity contribution is -0.136. The molecule has 0 aliphatic carbocycles. The summed E-state index contributed by atoms with van der Waals surface area (Å²) in [6.45, 7) is 2.98. The lowest BCUT2D eigenvalue weighted by Crippen LogP contribution is -2.59. The minimum atomic E-state index is -3.45. The fraction of sp³-hybridized carbons (Fsp3) is 0.632. The number of likely N-dealkylation sites (tertiary alicyclic amines) is 1. The molecule has 0 saturated carbocycles. The number of amides is 1. The average molecular weight is 381 g/mol. The second kappa shape index (κ2) is 7.96. The standard InChI is InChI=1S/C19H28N2O4S/c1-26(23,24)19(9-11-20-12-10-19)18(22)21-13-7-16(8-14-21)15-25-17-5-3-2-4-6-17/h2-6,16,20H,7-15H2,1H3. The first-order chi connectivity index (χ1) is 12.4. The van der Waals surface area contributed by atoms with Crippen LogP contribution in [0.1, 0.15) is 25.7 Å². The zero-order valence-electron chi connectivity index (χ0n) is 15.3. The number of carbonyl (C=O) groups excluding carboxylic acids is 1. The molecule has 0 atom stereocenters. The maximum absolute atomic E-state index is 13.1. The van der Waals surface area contributed by atoms with Crippen LogP contribution in [0.2, 0.25) is 0 Å². The number of ether oxygens (including phenoxy) is 1. The summed E-state index contributed by atoms with van der Waals surface area (Å²) in [5, 5.41) is 3.16. The molecule has 3 rings (SSSR count). The van der Waals surface area contributed by atoms with Crippen molar-refractivity contribution < 1.29 is 17.9 Å². The molecule has 2 saturated heterocycles. The van der Waals surface area contributed by atoms with E-state index in [0.29, 0.717) is 51.5 Å². The van der Waals surface area contributed by atoms with E-state index in [2.05, 4.69) is 5.32 Å². The van der Waals surface area contributed by atoms with Crippen molar-refractivity contribution in [2.45, 2.75) is 30.4 Å². The third-order valence-electron chi connectivity index (χ3n) is 5.64. The Bertz CT molecular complexity index is 706. The summed E-state index contributed by atoms with van der Waals surface area (Å²) in [7, 11) is -3.45. The van der Waals surface area contributed by atoms with Gasteiger partial charge in [0, 0.05) is 19.3 Å². The van der Waals surface area contributed by atoms with Gasteiger partial charge < -0.3 is 15.0 Å². The molecule has 0 radical (unpaired) electrons. The predicted molar refractivity (Wildman–Crippen MR) is 101 cm³/mol. The molecule has 26 heavy (non-hydrogen) atoms. The highest BCUT2D eigenvalue weighted by atomic mass is 32.2. The van der Waals surface area contributed by atoms with Crippen LogP contribution in [0.5, 0.6) is 5.75 Å². The van der Waals surface area contributed by atoms with E-state index in [4.69, 9.17) is 4.74 Å². The molecule has 2 heterocycles. The monoisotopic (exact) mass is 380 g/mol. The van der Waals surface area contributed by atoms with E-state index in [1.54, 1.807) is 4.90 Å². The molecular formula is C19H28N2O4S. The molecule has 1 aromatic rings. The third-order valence-corrected chi connectivity index (χ3v) is 7.64. The fourth-order valence-corrected chi connectivity index (χ4v) is 5.29. The van der Waals surface area contributed by atoms with Gasteiger partial charge in [-0.3, -0.25) is 4.79 Å². The van der Waals surface area contributed by atoms with Crippen LogP contribution in [0.25, 0.3) is 0 Å². The normalized spacial score (nSPS) is 21.3. The molecule has 2 aliphatic heterocycles. The van der Waals surface area contributed by atoms with E-state index in [0.717, 1.165) is 18.6 Å². The van der Waals surface area contributed by atoms with Crippen LogP contribution in [0.4, 0.5) is 0 Å². The van der Waals surface area contributed by atoms with Gasteiger partial charge in [-0.1, -0.05) is 18.2 Å². The Labute approximate surface area is 155 Å². The molecule has 1 aromatic carbocycles. The number of para-hydroxylation sites is 1. The van der Waals surface area contributed by atoms with E-state index in [-0.39, 0.29) is 5.91 Å². The molecule has 0 unspecified atom stereocenters. The first-order valence-corrected chi connectivity index (χ1v) is 11.2. The number of hydrogen-bond acceptors (Lipinski definition) is 5. The maximum atomic E-state index is 13.1. The Morgan fingerprint density at radius 2 is 1.81 bits per heavy atom. The van der Waals surface area contributed by atoms with Gasteiger partial charge in [0.25, 0.3) is 0 Å². The number of hydrogen-bond donors (Lipinski definition) is 1. The zero-order chi connectivity index (χ0) is 18.6. The molecule has 2 fully saturated rings. The number of rotatable bonds is 5. The predicted octanol–water partition coefficient (Wildman–Crippen LogP) is 1.47. The van der Waals surface area contributed by atoms with Crippen molar-refractivity contribution in [3.63, 3.8) is 0 Å². The third kappa shape index (κ3) is 4.04. The Kier molecular flexibility index (Phi) is 5.87. The summed E-state index contributed by atoms with van der Waals surface area (Å²) in [6.07, 6.45) is 3.62. The summed E-state index contributed by atoms with van der Waals surface area (Å²) < 4.78 is 29.4. The van der Waals surface area contributed by atoms with E-state index in [1.807, 2.05) is 30.3 Å². The molecule has 2 aliphatic rings. The summed E-state index contributed by atoms with van der Waals surface area (Å²) in [6, 6.07) is 9.72. The minimum absolute atomic E-state index is 0.205. The van der Waals surface area contributed by atoms with Gasteiger partial charge in [0.1, 0.15) is 5.75 Å². The molecule has 6 nitrogen and oxygen atoms in total. The number of nitrogens with zero attached hydrogens (tertiary/aromatic N) is 1. The molecule has 144 valence electrons. The second-order valence-corrected chi connectivity index (χ2v) is 9.70. The smallest absolute Gasteiger partial charge is 0.244 e. The molecule has 7 heteroatoms. The summed E-state index contributed by atoms with van der Waals surface area (Å²) in [5.74, 6) is 1.04. The number of nitrogens with one attached hydrogen (secondary N) is 1. The van der Waals surface area contributed by atoms with Gasteiger partial charge in [-0.25, -0.2) is 8.42 Å². The minimum Gasteiger partial charge on any atom is -0.493 e. The van der Waals surface area contributed by atoms with Crippen molar-refractivity contribution in [3.05, 3.63) is 30.3 Å². The van der Waals surface area contributed by atoms with E-state index >= 15 is 0 Å². The Hall–Kier alpha value is -1.60. The van der Waals surface area contributed by atoms with Gasteiger partial charge in [-0.15, -0.1) is 0 Å². The Balaban J connectivity index is 1.57. The van der Waals surface area contributed by atoms with E-state index in [9.17, 15) is 13.2 Å². The summed E-state index contributed by atoms with van der Waals surface area (Å²) in [4.78, 5) is 14.9. The van der Waals surface area contributed by atoms with Crippen LogP contribution in [-0.2, 0) is 14.6 Å². The number of piperidine rings is 2. The van der Waals surface area contributed by atoms with Gasteiger partial charge in [0.2, 0.25) is 5.91 Å². The van der Waals surface area contributed by atoms with Crippen molar-refractivity contribution in [1.29, 1.82) is 0 Å². The Morgan fingerprint density at radius 3 is 2.38 bits per heavy atom. The van der Waals surface area contributed by atoms with Crippen molar-refractivity contribution in [1.82, 2.24) is 10.2 Å². The van der Waals surface area contributed by atoms with Crippen molar-refractivity contribution in [2.24, 2.45) is 5.92 Å². The number of carbonyl (C=O) groups is 1. The first kappa shape index (κ1) is 19.2. The van der Waals surface area contributed by atoms with Crippen LogP contribution in [0.3, 0.4) is 0 Å². The quantitative estimate of drug-likeness (QED) is 0.837. The van der Waals surface area contributed by atoms with Gasteiger partial charge in [0.15, 0.2) is 14.6 Å². The maximum Gasteiger partial charge on any atom is 0.244 e. The van der Waals surface area contributed by atoms with Crippen molar-refractivity contribution in [3.8, 4) is 5.75 Å².